The predicted octanol–water partition coefficient (Wildman–Crippen LogP) is 0.822. The van der Waals surface area contributed by atoms with E-state index in [0.717, 1.165) is 10.4 Å². The van der Waals surface area contributed by atoms with Gasteiger partial charge in [0.05, 0.1) is 6.73 Å². The van der Waals surface area contributed by atoms with Crippen molar-refractivity contribution in [2.24, 2.45) is 5.73 Å². The maximum atomic E-state index is 5.85. The van der Waals surface area contributed by atoms with Crippen LogP contribution in [0.25, 0.3) is 0 Å². The van der Waals surface area contributed by atoms with Crippen LogP contribution in [0, 0.1) is 0 Å². The van der Waals surface area contributed by atoms with E-state index in [1.54, 1.807) is 7.11 Å². The Morgan fingerprint density at radius 2 is 1.33 bits per heavy atom. The molecule has 0 bridgehead atoms. The second kappa shape index (κ2) is 5.93. The molecule has 0 aliphatic heterocycles. The maximum Gasteiger partial charge on any atom is 0.407 e. The molecular weight excluding hydrogens is 242 g/mol. The van der Waals surface area contributed by atoms with Crippen LogP contribution in [0.1, 0.15) is 0 Å². The molecule has 0 aromatic heterocycles. The molecule has 0 radical (unpaired) electrons. The first-order chi connectivity index (χ1) is 8.83. The normalized spacial score (nSPS) is 11.4. The number of hydrogen-bond acceptors (Lipinski definition) is 3. The van der Waals surface area contributed by atoms with E-state index in [0.29, 0.717) is 0 Å². The molecule has 0 atom stereocenters. The minimum atomic E-state index is -2.65. The van der Waals surface area contributed by atoms with Crippen LogP contribution in [0.5, 0.6) is 0 Å². The van der Waals surface area contributed by atoms with Crippen molar-refractivity contribution in [3.8, 4) is 0 Å². The van der Waals surface area contributed by atoms with Crippen molar-refractivity contribution in [2.45, 2.75) is 0 Å². The fourth-order valence-electron chi connectivity index (χ4n) is 2.06. The van der Waals surface area contributed by atoms with Crippen LogP contribution in [-0.4, -0.2) is 22.4 Å². The molecule has 0 spiro atoms. The van der Waals surface area contributed by atoms with Crippen molar-refractivity contribution >= 4 is 18.9 Å². The molecule has 0 saturated heterocycles. The Hall–Kier alpha value is -1.46. The fourth-order valence-corrected chi connectivity index (χ4v) is 4.81. The molecule has 2 N–H and O–H groups in total. The molecule has 4 heteroatoms. The van der Waals surface area contributed by atoms with E-state index in [1.807, 2.05) is 60.7 Å². The lowest BCUT2D eigenvalue weighted by Crippen LogP contribution is -2.63. The Morgan fingerprint density at radius 3 is 1.67 bits per heavy atom. The lowest BCUT2D eigenvalue weighted by molar-refractivity contribution is 0.230. The molecule has 0 saturated carbocycles. The van der Waals surface area contributed by atoms with Gasteiger partial charge in [0.15, 0.2) is 0 Å². The largest absolute Gasteiger partial charge is 0.407 e. The van der Waals surface area contributed by atoms with Gasteiger partial charge in [-0.05, 0) is 10.4 Å². The second-order valence-corrected chi connectivity index (χ2v) is 6.95. The molecule has 2 aromatic carbocycles. The topological polar surface area (TPSA) is 44.5 Å². The zero-order valence-corrected chi connectivity index (χ0v) is 11.4. The second-order valence-electron chi connectivity index (χ2n) is 3.86. The number of benzene rings is 2. The monoisotopic (exact) mass is 259 g/mol. The van der Waals surface area contributed by atoms with E-state index in [9.17, 15) is 0 Å². The van der Waals surface area contributed by atoms with Gasteiger partial charge in [-0.3, -0.25) is 0 Å². The Labute approximate surface area is 108 Å². The summed E-state index contributed by atoms with van der Waals surface area (Å²) >= 11 is 0. The molecule has 94 valence electrons. The van der Waals surface area contributed by atoms with Crippen LogP contribution in [-0.2, 0) is 8.85 Å². The van der Waals surface area contributed by atoms with Gasteiger partial charge in [-0.1, -0.05) is 60.7 Å². The lowest BCUT2D eigenvalue weighted by atomic mass is 10.4. The molecule has 3 nitrogen and oxygen atoms in total. The molecule has 18 heavy (non-hydrogen) atoms. The third-order valence-corrected chi connectivity index (χ3v) is 6.22. The minimum Gasteiger partial charge on any atom is -0.391 e. The maximum absolute atomic E-state index is 5.85. The number of nitrogens with two attached hydrogens (primary N) is 1. The smallest absolute Gasteiger partial charge is 0.391 e. The summed E-state index contributed by atoms with van der Waals surface area (Å²) in [7, 11) is -0.964. The Morgan fingerprint density at radius 1 is 0.889 bits per heavy atom. The quantitative estimate of drug-likeness (QED) is 0.639. The summed E-state index contributed by atoms with van der Waals surface area (Å²) in [6, 6.07) is 20.0. The summed E-state index contributed by atoms with van der Waals surface area (Å²) in [6.07, 6.45) is 0. The van der Waals surface area contributed by atoms with Gasteiger partial charge in [-0.25, -0.2) is 0 Å². The molecular formula is C14H17NO2Si. The van der Waals surface area contributed by atoms with Crippen LogP contribution in [0.15, 0.2) is 60.7 Å². The van der Waals surface area contributed by atoms with Gasteiger partial charge in [-0.15, -0.1) is 0 Å². The highest BCUT2D eigenvalue weighted by molar-refractivity contribution is 6.92. The van der Waals surface area contributed by atoms with Crippen LogP contribution in [0.2, 0.25) is 0 Å². The first-order valence-electron chi connectivity index (χ1n) is 5.83. The van der Waals surface area contributed by atoms with Gasteiger partial charge in [0.1, 0.15) is 0 Å². The van der Waals surface area contributed by atoms with Crippen molar-refractivity contribution in [2.75, 3.05) is 13.8 Å². The predicted molar refractivity (Wildman–Crippen MR) is 75.1 cm³/mol. The van der Waals surface area contributed by atoms with E-state index in [1.165, 1.54) is 0 Å². The van der Waals surface area contributed by atoms with Crippen LogP contribution < -0.4 is 16.1 Å². The van der Waals surface area contributed by atoms with Gasteiger partial charge >= 0.3 is 8.56 Å². The van der Waals surface area contributed by atoms with Crippen molar-refractivity contribution < 1.29 is 8.85 Å². The zero-order chi connectivity index (χ0) is 12.8. The highest BCUT2D eigenvalue weighted by Crippen LogP contribution is 2.07. The lowest BCUT2D eigenvalue weighted by Gasteiger charge is -2.29. The van der Waals surface area contributed by atoms with Crippen molar-refractivity contribution in [1.29, 1.82) is 0 Å². The third-order valence-electron chi connectivity index (χ3n) is 2.88. The third kappa shape index (κ3) is 2.37. The Balaban J connectivity index is 2.53. The summed E-state index contributed by atoms with van der Waals surface area (Å²) in [4.78, 5) is 0. The molecule has 0 aliphatic carbocycles. The fraction of sp³-hybridized carbons (Fsp3) is 0.143. The summed E-state index contributed by atoms with van der Waals surface area (Å²) in [6.45, 7) is 0.143. The first-order valence-corrected chi connectivity index (χ1v) is 7.65. The van der Waals surface area contributed by atoms with Crippen LogP contribution >= 0.6 is 0 Å². The van der Waals surface area contributed by atoms with E-state index in [2.05, 4.69) is 0 Å². The summed E-state index contributed by atoms with van der Waals surface area (Å²) in [5, 5.41) is 2.12. The van der Waals surface area contributed by atoms with Crippen molar-refractivity contribution in [1.82, 2.24) is 0 Å². The number of rotatable bonds is 5. The summed E-state index contributed by atoms with van der Waals surface area (Å²) in [5.41, 5.74) is 5.60. The molecule has 0 amide bonds. The van der Waals surface area contributed by atoms with Crippen LogP contribution in [0.3, 0.4) is 0 Å². The Kier molecular flexibility index (Phi) is 4.27. The molecule has 2 aromatic rings. The first kappa shape index (κ1) is 13.0. The average molecular weight is 259 g/mol. The highest BCUT2D eigenvalue weighted by atomic mass is 28.4. The van der Waals surface area contributed by atoms with Crippen molar-refractivity contribution in [3.05, 3.63) is 60.7 Å². The van der Waals surface area contributed by atoms with Gasteiger partial charge in [-0.2, -0.15) is 0 Å². The van der Waals surface area contributed by atoms with E-state index < -0.39 is 8.56 Å². The molecule has 0 unspecified atom stereocenters. The van der Waals surface area contributed by atoms with E-state index >= 15 is 0 Å². The minimum absolute atomic E-state index is 0.143. The van der Waals surface area contributed by atoms with E-state index in [4.69, 9.17) is 14.6 Å². The highest BCUT2D eigenvalue weighted by Gasteiger charge is 2.41. The van der Waals surface area contributed by atoms with Crippen molar-refractivity contribution in [3.63, 3.8) is 0 Å². The van der Waals surface area contributed by atoms with Gasteiger partial charge in [0, 0.05) is 7.11 Å². The number of hydrogen-bond donors (Lipinski definition) is 1. The SMILES string of the molecule is CO[Si](OCN)(c1ccccc1)c1ccccc1. The zero-order valence-electron chi connectivity index (χ0n) is 10.4. The van der Waals surface area contributed by atoms with Gasteiger partial charge < -0.3 is 14.6 Å². The van der Waals surface area contributed by atoms with Gasteiger partial charge in [0.25, 0.3) is 0 Å². The van der Waals surface area contributed by atoms with Gasteiger partial charge in [0.2, 0.25) is 0 Å². The Bertz CT molecular complexity index is 436. The van der Waals surface area contributed by atoms with E-state index in [-0.39, 0.29) is 6.73 Å². The molecule has 0 heterocycles. The van der Waals surface area contributed by atoms with Crippen LogP contribution in [0.4, 0.5) is 0 Å². The standard InChI is InChI=1S/C14H17NO2Si/c1-16-18(17-12-15,13-8-4-2-5-9-13)14-10-6-3-7-11-14/h2-11H,12,15H2,1H3. The molecule has 0 fully saturated rings. The molecule has 0 aliphatic rings. The molecule has 2 rings (SSSR count). The summed E-state index contributed by atoms with van der Waals surface area (Å²) in [5.74, 6) is 0. The summed E-state index contributed by atoms with van der Waals surface area (Å²) < 4.78 is 11.6. The average Bonchev–Trinajstić information content (AvgIpc) is 2.47.